The number of hydrogen-bond acceptors (Lipinski definition) is 6. The van der Waals surface area contributed by atoms with Gasteiger partial charge in [-0.1, -0.05) is 109 Å². The molecule has 44 heavy (non-hydrogen) atoms. The van der Waals surface area contributed by atoms with Gasteiger partial charge in [0.2, 0.25) is 0 Å². The molecule has 1 aliphatic heterocycles. The molecule has 222 valence electrons. The second-order valence-electron chi connectivity index (χ2n) is 10.9. The van der Waals surface area contributed by atoms with Crippen molar-refractivity contribution in [2.45, 2.75) is 37.3 Å². The Hall–Kier alpha value is -4.89. The molecule has 5 aromatic rings. The summed E-state index contributed by atoms with van der Waals surface area (Å²) >= 11 is 0. The molecule has 0 bridgehead atoms. The predicted molar refractivity (Wildman–Crippen MR) is 169 cm³/mol. The Bertz CT molecular complexity index is 1670. The maximum atomic E-state index is 13.3. The lowest BCUT2D eigenvalue weighted by Crippen LogP contribution is -2.53. The maximum Gasteiger partial charge on any atom is 0.351 e. The minimum Gasteiger partial charge on any atom is -0.394 e. The van der Waals surface area contributed by atoms with E-state index in [1.54, 1.807) is 37.4 Å². The number of aryl methyl sites for hydroxylation is 1. The van der Waals surface area contributed by atoms with Crippen LogP contribution in [-0.2, 0) is 10.3 Å². The first-order valence-corrected chi connectivity index (χ1v) is 14.7. The van der Waals surface area contributed by atoms with Crippen LogP contribution in [0.4, 0.5) is 5.82 Å². The highest BCUT2D eigenvalue weighted by atomic mass is 16.5. The van der Waals surface area contributed by atoms with E-state index in [0.29, 0.717) is 17.5 Å². The third-order valence-electron chi connectivity index (χ3n) is 8.15. The van der Waals surface area contributed by atoms with Crippen molar-refractivity contribution in [2.75, 3.05) is 11.9 Å². The molecule has 0 unspecified atom stereocenters. The standard InChI is InChI=1S/C36H34N4O4/c1-25-23-40(35(43)38-33(25)37-34(42)26-14-6-2-7-15-26)32-22-30(31(24-41)44-32)39-36(27-16-8-3-9-17-27,28-18-10-4-11-19-28)29-20-12-5-13-21-29/h2-21,23,30-32,39,41H,22,24H2,1H3,(H,37,38,42,43)/t30-,31+,32+/m0/s1. The lowest BCUT2D eigenvalue weighted by atomic mass is 9.76. The fourth-order valence-electron chi connectivity index (χ4n) is 5.98. The molecule has 1 fully saturated rings. The number of aliphatic hydroxyl groups is 1. The summed E-state index contributed by atoms with van der Waals surface area (Å²) in [6.45, 7) is 1.54. The van der Waals surface area contributed by atoms with E-state index in [1.165, 1.54) is 4.57 Å². The Morgan fingerprint density at radius 2 is 1.36 bits per heavy atom. The van der Waals surface area contributed by atoms with Crippen LogP contribution in [0, 0.1) is 6.92 Å². The van der Waals surface area contributed by atoms with E-state index in [0.717, 1.165) is 16.7 Å². The van der Waals surface area contributed by atoms with Crippen LogP contribution in [0.25, 0.3) is 0 Å². The third kappa shape index (κ3) is 5.70. The van der Waals surface area contributed by atoms with E-state index in [4.69, 9.17) is 4.74 Å². The number of hydrogen-bond donors (Lipinski definition) is 3. The fourth-order valence-corrected chi connectivity index (χ4v) is 5.98. The van der Waals surface area contributed by atoms with Crippen LogP contribution in [0.3, 0.4) is 0 Å². The summed E-state index contributed by atoms with van der Waals surface area (Å²) in [7, 11) is 0. The van der Waals surface area contributed by atoms with Gasteiger partial charge in [0.1, 0.15) is 12.0 Å². The van der Waals surface area contributed by atoms with Crippen LogP contribution in [0.15, 0.2) is 132 Å². The van der Waals surface area contributed by atoms with Gasteiger partial charge in [0.15, 0.2) is 0 Å². The Morgan fingerprint density at radius 1 is 0.864 bits per heavy atom. The summed E-state index contributed by atoms with van der Waals surface area (Å²) < 4.78 is 7.75. The van der Waals surface area contributed by atoms with Gasteiger partial charge >= 0.3 is 5.69 Å². The highest BCUT2D eigenvalue weighted by molar-refractivity contribution is 6.04. The highest BCUT2D eigenvalue weighted by Gasteiger charge is 2.44. The molecule has 1 aliphatic rings. The van der Waals surface area contributed by atoms with Crippen LogP contribution in [0.1, 0.15) is 45.3 Å². The lowest BCUT2D eigenvalue weighted by Gasteiger charge is -2.40. The molecular formula is C36H34N4O4. The van der Waals surface area contributed by atoms with Crippen molar-refractivity contribution < 1.29 is 14.6 Å². The predicted octanol–water partition coefficient (Wildman–Crippen LogP) is 5.03. The third-order valence-corrected chi connectivity index (χ3v) is 8.15. The molecule has 0 radical (unpaired) electrons. The number of carbonyl (C=O) groups excluding carboxylic acids is 1. The van der Waals surface area contributed by atoms with Gasteiger partial charge in [-0.3, -0.25) is 14.7 Å². The van der Waals surface area contributed by atoms with Crippen molar-refractivity contribution in [1.82, 2.24) is 14.9 Å². The molecular weight excluding hydrogens is 552 g/mol. The number of nitrogens with one attached hydrogen (secondary N) is 2. The van der Waals surface area contributed by atoms with Gasteiger partial charge in [0.25, 0.3) is 5.91 Å². The van der Waals surface area contributed by atoms with E-state index < -0.39 is 23.6 Å². The number of anilines is 1. The minimum absolute atomic E-state index is 0.197. The van der Waals surface area contributed by atoms with Crippen LogP contribution in [-0.4, -0.2) is 39.3 Å². The van der Waals surface area contributed by atoms with E-state index in [-0.39, 0.29) is 24.4 Å². The van der Waals surface area contributed by atoms with Crippen molar-refractivity contribution in [3.8, 4) is 0 Å². The first kappa shape index (κ1) is 29.2. The zero-order chi connectivity index (χ0) is 30.5. The second kappa shape index (κ2) is 12.8. The summed E-state index contributed by atoms with van der Waals surface area (Å²) in [6, 6.07) is 39.0. The fraction of sp³-hybridized carbons (Fsp3) is 0.194. The van der Waals surface area contributed by atoms with Gasteiger partial charge in [-0.25, -0.2) is 4.79 Å². The number of benzene rings is 4. The molecule has 1 saturated heterocycles. The highest BCUT2D eigenvalue weighted by Crippen LogP contribution is 2.40. The van der Waals surface area contributed by atoms with E-state index >= 15 is 0 Å². The van der Waals surface area contributed by atoms with Crippen molar-refractivity contribution in [3.05, 3.63) is 166 Å². The molecule has 0 saturated carbocycles. The Kier molecular flexibility index (Phi) is 8.47. The number of ether oxygens (including phenoxy) is 1. The molecule has 0 spiro atoms. The van der Waals surface area contributed by atoms with Gasteiger partial charge in [-0.15, -0.1) is 0 Å². The number of carbonyl (C=O) groups is 1. The molecule has 1 aromatic heterocycles. The lowest BCUT2D eigenvalue weighted by molar-refractivity contribution is -0.0300. The molecule has 8 heteroatoms. The first-order chi connectivity index (χ1) is 21.5. The number of aliphatic hydroxyl groups excluding tert-OH is 1. The van der Waals surface area contributed by atoms with Crippen molar-refractivity contribution in [2.24, 2.45) is 0 Å². The van der Waals surface area contributed by atoms with E-state index in [2.05, 4.69) is 52.0 Å². The summed E-state index contributed by atoms with van der Waals surface area (Å²) in [5.74, 6) is -0.151. The monoisotopic (exact) mass is 586 g/mol. The average Bonchev–Trinajstić information content (AvgIpc) is 3.49. The van der Waals surface area contributed by atoms with Gasteiger partial charge in [0, 0.05) is 29.8 Å². The van der Waals surface area contributed by atoms with Crippen molar-refractivity contribution in [3.63, 3.8) is 0 Å². The van der Waals surface area contributed by atoms with Crippen LogP contribution in [0.2, 0.25) is 0 Å². The summed E-state index contributed by atoms with van der Waals surface area (Å²) in [5.41, 5.74) is 2.85. The summed E-state index contributed by atoms with van der Waals surface area (Å²) in [5, 5.41) is 17.1. The molecule has 1 amide bonds. The van der Waals surface area contributed by atoms with Gasteiger partial charge < -0.3 is 15.2 Å². The van der Waals surface area contributed by atoms with Crippen LogP contribution >= 0.6 is 0 Å². The van der Waals surface area contributed by atoms with Crippen molar-refractivity contribution in [1.29, 1.82) is 0 Å². The molecule has 0 aliphatic carbocycles. The molecule has 6 rings (SSSR count). The smallest absolute Gasteiger partial charge is 0.351 e. The van der Waals surface area contributed by atoms with Crippen LogP contribution < -0.4 is 16.3 Å². The largest absolute Gasteiger partial charge is 0.394 e. The van der Waals surface area contributed by atoms with E-state index in [9.17, 15) is 14.7 Å². The van der Waals surface area contributed by atoms with Gasteiger partial charge in [-0.2, -0.15) is 4.98 Å². The summed E-state index contributed by atoms with van der Waals surface area (Å²) in [4.78, 5) is 30.2. The van der Waals surface area contributed by atoms with E-state index in [1.807, 2.05) is 60.7 Å². The van der Waals surface area contributed by atoms with Crippen molar-refractivity contribution >= 4 is 11.7 Å². The number of amides is 1. The quantitative estimate of drug-likeness (QED) is 0.209. The number of nitrogens with zero attached hydrogens (tertiary/aromatic N) is 2. The maximum absolute atomic E-state index is 13.3. The normalized spacial score (nSPS) is 18.2. The SMILES string of the molecule is Cc1cn([C@H]2C[C@H](NC(c3ccccc3)(c3ccccc3)c3ccccc3)[C@@H](CO)O2)c(=O)nc1NC(=O)c1ccccc1. The molecule has 3 atom stereocenters. The molecule has 3 N–H and O–H groups in total. The zero-order valence-corrected chi connectivity index (χ0v) is 24.3. The summed E-state index contributed by atoms with van der Waals surface area (Å²) in [6.07, 6.45) is 0.773. The van der Waals surface area contributed by atoms with Crippen LogP contribution in [0.5, 0.6) is 0 Å². The van der Waals surface area contributed by atoms with Gasteiger partial charge in [0.05, 0.1) is 18.2 Å². The van der Waals surface area contributed by atoms with Gasteiger partial charge in [-0.05, 0) is 35.7 Å². The number of rotatable bonds is 9. The Morgan fingerprint density at radius 3 is 1.86 bits per heavy atom. The number of aromatic nitrogens is 2. The molecule has 4 aromatic carbocycles. The first-order valence-electron chi connectivity index (χ1n) is 14.7. The molecule has 2 heterocycles. The Balaban J connectivity index is 1.34. The average molecular weight is 587 g/mol. The zero-order valence-electron chi connectivity index (χ0n) is 24.3. The minimum atomic E-state index is -0.773. The molecule has 8 nitrogen and oxygen atoms in total. The second-order valence-corrected chi connectivity index (χ2v) is 10.9. The topological polar surface area (TPSA) is 105 Å². The Labute approximate surface area is 256 Å².